The average Bonchev–Trinajstić information content (AvgIpc) is 2.44. The van der Waals surface area contributed by atoms with Crippen LogP contribution in [0.1, 0.15) is 38.5 Å². The number of carbonyl (C=O) groups is 2. The van der Waals surface area contributed by atoms with Gasteiger partial charge in [-0.1, -0.05) is 38.5 Å². The summed E-state index contributed by atoms with van der Waals surface area (Å²) < 4.78 is 0. The molecule has 2 heterocycles. The van der Waals surface area contributed by atoms with Gasteiger partial charge in [0.25, 0.3) is 0 Å². The van der Waals surface area contributed by atoms with E-state index in [4.69, 9.17) is 19.8 Å². The molecule has 0 aromatic carbocycles. The molecule has 2 rings (SSSR count). The zero-order valence-electron chi connectivity index (χ0n) is 11.0. The van der Waals surface area contributed by atoms with E-state index in [1.807, 2.05) is 0 Å². The van der Waals surface area contributed by atoms with E-state index in [-0.39, 0.29) is 21.1 Å². The van der Waals surface area contributed by atoms with Gasteiger partial charge in [-0.05, 0) is 0 Å². The van der Waals surface area contributed by atoms with Crippen LogP contribution in [0.3, 0.4) is 0 Å². The van der Waals surface area contributed by atoms with E-state index in [1.165, 1.54) is 38.5 Å². The van der Waals surface area contributed by atoms with E-state index >= 15 is 0 Å². The predicted octanol–water partition coefficient (Wildman–Crippen LogP) is 2.24. The van der Waals surface area contributed by atoms with Crippen molar-refractivity contribution in [2.24, 2.45) is 0 Å². The Morgan fingerprint density at radius 1 is 0.632 bits per heavy atom. The number of piperidine rings is 2. The Balaban J connectivity index is 0. The van der Waals surface area contributed by atoms with Crippen LogP contribution in [0.25, 0.3) is 10.6 Å². The second-order valence-electron chi connectivity index (χ2n) is 4.07. The number of carboxylic acid groups (broad SMARTS) is 2. The number of carboxylic acids is 2. The first kappa shape index (κ1) is 20.9. The molecule has 19 heavy (non-hydrogen) atoms. The second-order valence-corrected chi connectivity index (χ2v) is 4.07. The van der Waals surface area contributed by atoms with Gasteiger partial charge in [-0.15, -0.1) is 26.2 Å². The van der Waals surface area contributed by atoms with E-state index in [9.17, 15) is 0 Å². The number of aliphatic carboxylic acids is 2. The maximum absolute atomic E-state index is 9.10. The fraction of sp³-hybridized carbons (Fsp3) is 0.833. The minimum Gasteiger partial charge on any atom is -0.662 e. The van der Waals surface area contributed by atoms with Gasteiger partial charge < -0.3 is 20.8 Å². The van der Waals surface area contributed by atoms with Crippen LogP contribution in [-0.2, 0) is 30.7 Å². The number of rotatable bonds is 0. The van der Waals surface area contributed by atoms with Crippen molar-refractivity contribution in [2.45, 2.75) is 38.5 Å². The van der Waals surface area contributed by atoms with Crippen molar-refractivity contribution in [1.82, 2.24) is 0 Å². The molecule has 0 aromatic rings. The Labute approximate surface area is 128 Å². The van der Waals surface area contributed by atoms with Crippen molar-refractivity contribution in [3.05, 3.63) is 10.6 Å². The topological polar surface area (TPSA) is 103 Å². The smallest absolute Gasteiger partial charge is 0.662 e. The molecule has 0 aliphatic carbocycles. The molecule has 0 amide bonds. The summed E-state index contributed by atoms with van der Waals surface area (Å²) in [4.78, 5) is 18.2. The third kappa shape index (κ3) is 17.5. The van der Waals surface area contributed by atoms with Gasteiger partial charge >= 0.3 is 33.0 Å². The van der Waals surface area contributed by atoms with Gasteiger partial charge in [-0.3, -0.25) is 0 Å². The Hall–Kier alpha value is -0.452. The standard InChI is InChI=1S/2C5H10N.C2H2O4.Pt/c2*1-2-4-6-5-3-1;3-1(4)2(5)6;/h2*1-5H2;(H,3,4)(H,5,6);/q2*-1;;+2. The second kappa shape index (κ2) is 15.6. The first-order valence-electron chi connectivity index (χ1n) is 6.37. The largest absolute Gasteiger partial charge is 2.00 e. The van der Waals surface area contributed by atoms with E-state index in [0.29, 0.717) is 0 Å². The number of hydrogen-bond acceptors (Lipinski definition) is 2. The molecule has 2 aliphatic heterocycles. The fourth-order valence-electron chi connectivity index (χ4n) is 1.47. The summed E-state index contributed by atoms with van der Waals surface area (Å²) in [6, 6.07) is 0. The molecule has 7 heteroatoms. The van der Waals surface area contributed by atoms with Crippen LogP contribution in [0, 0.1) is 0 Å². The molecule has 0 bridgehead atoms. The Morgan fingerprint density at radius 2 is 0.895 bits per heavy atom. The van der Waals surface area contributed by atoms with E-state index < -0.39 is 11.9 Å². The molecular weight excluding hydrogens is 431 g/mol. The van der Waals surface area contributed by atoms with Crippen molar-refractivity contribution in [3.8, 4) is 0 Å². The van der Waals surface area contributed by atoms with E-state index in [0.717, 1.165) is 26.2 Å². The third-order valence-corrected chi connectivity index (χ3v) is 2.45. The third-order valence-electron chi connectivity index (χ3n) is 2.45. The minimum atomic E-state index is -1.82. The van der Waals surface area contributed by atoms with Gasteiger partial charge in [0.05, 0.1) is 0 Å². The Kier molecular flexibility index (Phi) is 17.1. The van der Waals surface area contributed by atoms with Crippen LogP contribution in [0.5, 0.6) is 0 Å². The maximum atomic E-state index is 9.10. The molecule has 114 valence electrons. The molecule has 2 N–H and O–H groups in total. The van der Waals surface area contributed by atoms with Gasteiger partial charge in [-0.2, -0.15) is 0 Å². The molecular formula is C12H22N2O4Pt. The van der Waals surface area contributed by atoms with Crippen molar-refractivity contribution >= 4 is 11.9 Å². The summed E-state index contributed by atoms with van der Waals surface area (Å²) >= 11 is 0. The average molecular weight is 453 g/mol. The van der Waals surface area contributed by atoms with Crippen LogP contribution >= 0.6 is 0 Å². The van der Waals surface area contributed by atoms with Crippen LogP contribution in [0.2, 0.25) is 0 Å². The predicted molar refractivity (Wildman–Crippen MR) is 69.2 cm³/mol. The van der Waals surface area contributed by atoms with Crippen molar-refractivity contribution in [1.29, 1.82) is 0 Å². The van der Waals surface area contributed by atoms with Gasteiger partial charge in [0.2, 0.25) is 0 Å². The molecule has 6 nitrogen and oxygen atoms in total. The normalized spacial score (nSPS) is 17.5. The molecule has 0 aromatic heterocycles. The van der Waals surface area contributed by atoms with Gasteiger partial charge in [-0.25, -0.2) is 9.59 Å². The first-order valence-corrected chi connectivity index (χ1v) is 6.37. The number of nitrogens with zero attached hydrogens (tertiary/aromatic N) is 2. The van der Waals surface area contributed by atoms with E-state index in [1.54, 1.807) is 0 Å². The summed E-state index contributed by atoms with van der Waals surface area (Å²) in [7, 11) is 0. The summed E-state index contributed by atoms with van der Waals surface area (Å²) in [6.07, 6.45) is 8.15. The van der Waals surface area contributed by atoms with Gasteiger partial charge in [0, 0.05) is 0 Å². The van der Waals surface area contributed by atoms with Crippen LogP contribution in [-0.4, -0.2) is 48.3 Å². The summed E-state index contributed by atoms with van der Waals surface area (Å²) in [5, 5.41) is 23.1. The zero-order chi connectivity index (χ0) is 13.6. The monoisotopic (exact) mass is 453 g/mol. The number of hydrogen-bond donors (Lipinski definition) is 2. The SMILES string of the molecule is C1CC[N-]CC1.C1CC[N-]CC1.O=C(O)C(=O)O.[Pt+2]. The molecule has 2 fully saturated rings. The molecule has 0 atom stereocenters. The van der Waals surface area contributed by atoms with Crippen LogP contribution < -0.4 is 0 Å². The molecule has 2 saturated heterocycles. The van der Waals surface area contributed by atoms with Gasteiger partial charge in [0.1, 0.15) is 0 Å². The maximum Gasteiger partial charge on any atom is 2.00 e. The van der Waals surface area contributed by atoms with Crippen molar-refractivity contribution < 1.29 is 40.9 Å². The molecule has 0 saturated carbocycles. The minimum absolute atomic E-state index is 0. The molecule has 2 aliphatic rings. The van der Waals surface area contributed by atoms with Crippen molar-refractivity contribution in [2.75, 3.05) is 26.2 Å². The fourth-order valence-corrected chi connectivity index (χ4v) is 1.47. The first-order chi connectivity index (χ1) is 8.64. The summed E-state index contributed by atoms with van der Waals surface area (Å²) in [6.45, 7) is 4.50. The summed E-state index contributed by atoms with van der Waals surface area (Å²) in [5.74, 6) is -3.65. The summed E-state index contributed by atoms with van der Waals surface area (Å²) in [5.41, 5.74) is 0. The Bertz CT molecular complexity index is 185. The zero-order valence-corrected chi connectivity index (χ0v) is 13.3. The Morgan fingerprint density at radius 3 is 0.947 bits per heavy atom. The molecule has 0 radical (unpaired) electrons. The van der Waals surface area contributed by atoms with Crippen LogP contribution in [0.15, 0.2) is 0 Å². The quantitative estimate of drug-likeness (QED) is 0.549. The van der Waals surface area contributed by atoms with Crippen molar-refractivity contribution in [3.63, 3.8) is 0 Å². The molecule has 0 unspecified atom stereocenters. The van der Waals surface area contributed by atoms with E-state index in [2.05, 4.69) is 10.6 Å². The van der Waals surface area contributed by atoms with Gasteiger partial charge in [0.15, 0.2) is 0 Å². The van der Waals surface area contributed by atoms with Crippen LogP contribution in [0.4, 0.5) is 0 Å². The molecule has 0 spiro atoms.